The van der Waals surface area contributed by atoms with E-state index in [0.29, 0.717) is 0 Å². The summed E-state index contributed by atoms with van der Waals surface area (Å²) in [4.78, 5) is 0. The summed E-state index contributed by atoms with van der Waals surface area (Å²) in [7, 11) is 0. The highest BCUT2D eigenvalue weighted by Gasteiger charge is 2.22. The summed E-state index contributed by atoms with van der Waals surface area (Å²) < 4.78 is 1.19. The van der Waals surface area contributed by atoms with Crippen LogP contribution in [0.4, 0.5) is 0 Å². The number of halogens is 1. The minimum absolute atomic E-state index is 0.849. The van der Waals surface area contributed by atoms with Gasteiger partial charge in [-0.1, -0.05) is 58.4 Å². The highest BCUT2D eigenvalue weighted by molar-refractivity contribution is 9.10. The van der Waals surface area contributed by atoms with Crippen LogP contribution in [0, 0.1) is 6.42 Å². The highest BCUT2D eigenvalue weighted by atomic mass is 79.9. The van der Waals surface area contributed by atoms with E-state index in [1.807, 2.05) is 0 Å². The number of hydrogen-bond acceptors (Lipinski definition) is 0. The number of benzene rings is 2. The Morgan fingerprint density at radius 2 is 1.72 bits per heavy atom. The molecular formula is C17H16Br. The Kier molecular flexibility index (Phi) is 3.51. The third-order valence-corrected chi connectivity index (χ3v) is 4.27. The summed E-state index contributed by atoms with van der Waals surface area (Å²) in [5, 5.41) is 0. The predicted molar refractivity (Wildman–Crippen MR) is 79.7 cm³/mol. The van der Waals surface area contributed by atoms with E-state index < -0.39 is 0 Å². The van der Waals surface area contributed by atoms with Crippen molar-refractivity contribution in [2.75, 3.05) is 0 Å². The summed E-state index contributed by atoms with van der Waals surface area (Å²) in [6, 6.07) is 17.4. The molecule has 0 saturated heterocycles. The molecule has 0 N–H and O–H groups in total. The Bertz CT molecular complexity index is 524. The van der Waals surface area contributed by atoms with E-state index in [1.54, 1.807) is 0 Å². The van der Waals surface area contributed by atoms with Crippen molar-refractivity contribution in [2.45, 2.75) is 25.2 Å². The monoisotopic (exact) mass is 299 g/mol. The van der Waals surface area contributed by atoms with E-state index in [0.717, 1.165) is 12.3 Å². The first-order valence-electron chi connectivity index (χ1n) is 6.49. The van der Waals surface area contributed by atoms with Crippen LogP contribution >= 0.6 is 15.9 Å². The van der Waals surface area contributed by atoms with Gasteiger partial charge in [0.2, 0.25) is 0 Å². The molecule has 0 spiro atoms. The van der Waals surface area contributed by atoms with Gasteiger partial charge in [0.1, 0.15) is 0 Å². The van der Waals surface area contributed by atoms with Crippen LogP contribution in [0.3, 0.4) is 0 Å². The SMILES string of the molecule is Brc1ccccc1C[CH]c1ccc(C2CC2)cc1. The molecule has 0 atom stereocenters. The largest absolute Gasteiger partial charge is 0.0619 e. The average Bonchev–Trinajstić information content (AvgIpc) is 3.23. The normalized spacial score (nSPS) is 14.7. The molecule has 1 aliphatic rings. The second-order valence-corrected chi connectivity index (χ2v) is 5.79. The molecule has 0 aromatic heterocycles. The molecule has 0 amide bonds. The van der Waals surface area contributed by atoms with Crippen LogP contribution in [0.5, 0.6) is 0 Å². The van der Waals surface area contributed by atoms with Gasteiger partial charge in [-0.15, -0.1) is 0 Å². The fourth-order valence-corrected chi connectivity index (χ4v) is 2.66. The van der Waals surface area contributed by atoms with Crippen molar-refractivity contribution < 1.29 is 0 Å². The van der Waals surface area contributed by atoms with Crippen molar-refractivity contribution >= 4 is 15.9 Å². The van der Waals surface area contributed by atoms with Crippen molar-refractivity contribution in [3.63, 3.8) is 0 Å². The Morgan fingerprint density at radius 3 is 2.39 bits per heavy atom. The molecule has 0 aliphatic heterocycles. The van der Waals surface area contributed by atoms with Crippen molar-refractivity contribution in [2.24, 2.45) is 0 Å². The quantitative estimate of drug-likeness (QED) is 0.735. The first kappa shape index (κ1) is 12.0. The summed E-state index contributed by atoms with van der Waals surface area (Å²) in [5.74, 6) is 0.849. The molecule has 0 unspecified atom stereocenters. The van der Waals surface area contributed by atoms with Gasteiger partial charge in [-0.25, -0.2) is 0 Å². The van der Waals surface area contributed by atoms with Gasteiger partial charge in [0, 0.05) is 4.47 Å². The van der Waals surface area contributed by atoms with Crippen molar-refractivity contribution in [1.29, 1.82) is 0 Å². The van der Waals surface area contributed by atoms with E-state index in [2.05, 4.69) is 70.9 Å². The van der Waals surface area contributed by atoms with Gasteiger partial charge in [0.15, 0.2) is 0 Å². The minimum atomic E-state index is 0.849. The summed E-state index contributed by atoms with van der Waals surface area (Å²) in [5.41, 5.74) is 4.16. The summed E-state index contributed by atoms with van der Waals surface area (Å²) in [6.07, 6.45) is 6.01. The number of rotatable bonds is 4. The third kappa shape index (κ3) is 2.84. The third-order valence-electron chi connectivity index (χ3n) is 3.50. The van der Waals surface area contributed by atoms with E-state index in [1.165, 1.54) is 34.0 Å². The second-order valence-electron chi connectivity index (χ2n) is 4.94. The zero-order valence-electron chi connectivity index (χ0n) is 10.3. The lowest BCUT2D eigenvalue weighted by Crippen LogP contribution is -1.90. The van der Waals surface area contributed by atoms with Crippen molar-refractivity contribution in [3.8, 4) is 0 Å². The molecular weight excluding hydrogens is 284 g/mol. The van der Waals surface area contributed by atoms with E-state index >= 15 is 0 Å². The Labute approximate surface area is 117 Å². The van der Waals surface area contributed by atoms with E-state index in [-0.39, 0.29) is 0 Å². The summed E-state index contributed by atoms with van der Waals surface area (Å²) in [6.45, 7) is 0. The Morgan fingerprint density at radius 1 is 1.00 bits per heavy atom. The van der Waals surface area contributed by atoms with Crippen LogP contribution in [0.25, 0.3) is 0 Å². The zero-order chi connectivity index (χ0) is 12.4. The van der Waals surface area contributed by atoms with Crippen molar-refractivity contribution in [3.05, 3.63) is 76.1 Å². The molecule has 3 rings (SSSR count). The van der Waals surface area contributed by atoms with Gasteiger partial charge in [0.05, 0.1) is 0 Å². The maximum atomic E-state index is 3.59. The van der Waals surface area contributed by atoms with Crippen LogP contribution in [0.15, 0.2) is 53.0 Å². The molecule has 91 valence electrons. The van der Waals surface area contributed by atoms with Crippen LogP contribution in [-0.4, -0.2) is 0 Å². The average molecular weight is 300 g/mol. The van der Waals surface area contributed by atoms with E-state index in [4.69, 9.17) is 0 Å². The zero-order valence-corrected chi connectivity index (χ0v) is 11.9. The molecule has 1 aliphatic carbocycles. The van der Waals surface area contributed by atoms with E-state index in [9.17, 15) is 0 Å². The predicted octanol–water partition coefficient (Wildman–Crippen LogP) is 5.12. The fraction of sp³-hybridized carbons (Fsp3) is 0.235. The second kappa shape index (κ2) is 5.27. The first-order chi connectivity index (χ1) is 8.83. The number of hydrogen-bond donors (Lipinski definition) is 0. The molecule has 2 aromatic carbocycles. The van der Waals surface area contributed by atoms with Crippen molar-refractivity contribution in [1.82, 2.24) is 0 Å². The van der Waals surface area contributed by atoms with Gasteiger partial charge in [-0.2, -0.15) is 0 Å². The first-order valence-corrected chi connectivity index (χ1v) is 7.29. The fourth-order valence-electron chi connectivity index (χ4n) is 2.21. The lowest BCUT2D eigenvalue weighted by Gasteiger charge is -2.05. The summed E-state index contributed by atoms with van der Waals surface area (Å²) >= 11 is 3.59. The van der Waals surface area contributed by atoms with Crippen LogP contribution in [0.2, 0.25) is 0 Å². The van der Waals surface area contributed by atoms with Gasteiger partial charge in [-0.3, -0.25) is 0 Å². The molecule has 2 aromatic rings. The molecule has 18 heavy (non-hydrogen) atoms. The van der Waals surface area contributed by atoms with Gasteiger partial charge in [0.25, 0.3) is 0 Å². The Balaban J connectivity index is 1.64. The molecule has 0 heterocycles. The maximum Gasteiger partial charge on any atom is 0.0207 e. The molecule has 1 radical (unpaired) electrons. The van der Waals surface area contributed by atoms with Crippen LogP contribution in [-0.2, 0) is 6.42 Å². The molecule has 1 fully saturated rings. The van der Waals surface area contributed by atoms with Crippen LogP contribution < -0.4 is 0 Å². The van der Waals surface area contributed by atoms with Crippen LogP contribution in [0.1, 0.15) is 35.4 Å². The molecule has 0 bridgehead atoms. The van der Waals surface area contributed by atoms with Gasteiger partial charge >= 0.3 is 0 Å². The molecule has 1 heteroatoms. The van der Waals surface area contributed by atoms with Gasteiger partial charge in [-0.05, 0) is 54.4 Å². The van der Waals surface area contributed by atoms with Gasteiger partial charge < -0.3 is 0 Å². The topological polar surface area (TPSA) is 0 Å². The standard InChI is InChI=1S/C17H16Br/c18-17-4-2-1-3-16(17)10-7-13-5-8-14(9-6-13)15-11-12-15/h1-9,15H,10-12H2. The lowest BCUT2D eigenvalue weighted by molar-refractivity contribution is 1.11. The minimum Gasteiger partial charge on any atom is -0.0619 e. The molecule has 0 nitrogen and oxygen atoms in total. The molecule has 1 saturated carbocycles. The smallest absolute Gasteiger partial charge is 0.0207 e. The highest BCUT2D eigenvalue weighted by Crippen LogP contribution is 2.39. The lowest BCUT2D eigenvalue weighted by atomic mass is 10.0. The Hall–Kier alpha value is -1.08. The maximum absolute atomic E-state index is 3.59.